The maximum absolute atomic E-state index is 13.3. The summed E-state index contributed by atoms with van der Waals surface area (Å²) >= 11 is 5.97. The minimum Gasteiger partial charge on any atom is -0.489 e. The largest absolute Gasteiger partial charge is 0.489 e. The molecule has 3 aromatic carbocycles. The predicted octanol–water partition coefficient (Wildman–Crippen LogP) is 5.56. The van der Waals surface area contributed by atoms with Crippen LogP contribution in [0.15, 0.2) is 85.2 Å². The molecule has 0 aliphatic rings. The summed E-state index contributed by atoms with van der Waals surface area (Å²) in [6, 6.07) is 20.7. The molecule has 4 aromatic rings. The lowest BCUT2D eigenvalue weighted by molar-refractivity contribution is 0.102. The molecule has 1 N–H and O–H groups in total. The normalized spacial score (nSPS) is 10.6. The van der Waals surface area contributed by atoms with Gasteiger partial charge in [-0.1, -0.05) is 41.9 Å². The molecule has 4 rings (SSSR count). The predicted molar refractivity (Wildman–Crippen MR) is 118 cm³/mol. The number of halogens is 2. The first-order valence-corrected chi connectivity index (χ1v) is 9.98. The van der Waals surface area contributed by atoms with Crippen molar-refractivity contribution in [1.82, 2.24) is 9.78 Å². The number of rotatable bonds is 7. The molecule has 0 saturated carbocycles. The first kappa shape index (κ1) is 20.6. The highest BCUT2D eigenvalue weighted by atomic mass is 35.5. The number of amides is 1. The summed E-state index contributed by atoms with van der Waals surface area (Å²) in [5.41, 5.74) is 2.70. The fourth-order valence-electron chi connectivity index (χ4n) is 3.07. The number of aromatic nitrogens is 2. The van der Waals surface area contributed by atoms with Gasteiger partial charge in [-0.2, -0.15) is 5.10 Å². The Morgan fingerprint density at radius 2 is 1.84 bits per heavy atom. The molecule has 0 atom stereocenters. The molecule has 0 aliphatic heterocycles. The van der Waals surface area contributed by atoms with Crippen LogP contribution in [0.5, 0.6) is 5.75 Å². The van der Waals surface area contributed by atoms with E-state index in [2.05, 4.69) is 10.4 Å². The average Bonchev–Trinajstić information content (AvgIpc) is 3.19. The number of ether oxygens (including phenoxy) is 1. The van der Waals surface area contributed by atoms with E-state index in [-0.39, 0.29) is 11.7 Å². The van der Waals surface area contributed by atoms with Crippen molar-refractivity contribution in [2.75, 3.05) is 5.32 Å². The summed E-state index contributed by atoms with van der Waals surface area (Å²) < 4.78 is 20.7. The zero-order valence-electron chi connectivity index (χ0n) is 16.5. The van der Waals surface area contributed by atoms with Crippen LogP contribution in [0.25, 0.3) is 0 Å². The number of hydrogen-bond acceptors (Lipinski definition) is 3. The number of nitrogens with zero attached hydrogens (tertiary/aromatic N) is 2. The Hall–Kier alpha value is -3.64. The molecule has 156 valence electrons. The topological polar surface area (TPSA) is 56.2 Å². The lowest BCUT2D eigenvalue weighted by atomic mass is 10.1. The van der Waals surface area contributed by atoms with E-state index >= 15 is 0 Å². The summed E-state index contributed by atoms with van der Waals surface area (Å²) in [6.07, 6.45) is 3.26. The van der Waals surface area contributed by atoms with E-state index in [0.29, 0.717) is 35.2 Å². The van der Waals surface area contributed by atoms with Crippen LogP contribution >= 0.6 is 11.6 Å². The highest BCUT2D eigenvalue weighted by Crippen LogP contribution is 2.19. The zero-order chi connectivity index (χ0) is 21.6. The Bertz CT molecular complexity index is 1210. The van der Waals surface area contributed by atoms with Gasteiger partial charge in [-0.3, -0.25) is 9.48 Å². The maximum Gasteiger partial charge on any atom is 0.255 e. The van der Waals surface area contributed by atoms with Crippen LogP contribution in [0.1, 0.15) is 21.5 Å². The van der Waals surface area contributed by atoms with E-state index in [1.54, 1.807) is 53.5 Å². The second-order valence-corrected chi connectivity index (χ2v) is 7.39. The van der Waals surface area contributed by atoms with Crippen LogP contribution in [0.4, 0.5) is 10.1 Å². The van der Waals surface area contributed by atoms with Crippen molar-refractivity contribution in [2.45, 2.75) is 13.2 Å². The zero-order valence-corrected chi connectivity index (χ0v) is 17.2. The summed E-state index contributed by atoms with van der Waals surface area (Å²) in [4.78, 5) is 12.6. The summed E-state index contributed by atoms with van der Waals surface area (Å²) in [5.74, 6) is 0.111. The van der Waals surface area contributed by atoms with Gasteiger partial charge in [-0.15, -0.1) is 0 Å². The summed E-state index contributed by atoms with van der Waals surface area (Å²) in [6.45, 7) is 0.719. The number of hydrogen-bond donors (Lipinski definition) is 1. The molecule has 1 heterocycles. The smallest absolute Gasteiger partial charge is 0.255 e. The summed E-state index contributed by atoms with van der Waals surface area (Å²) in [5, 5.41) is 7.65. The van der Waals surface area contributed by atoms with Gasteiger partial charge in [0, 0.05) is 16.8 Å². The molecule has 7 heteroatoms. The van der Waals surface area contributed by atoms with E-state index in [4.69, 9.17) is 16.3 Å². The Labute approximate surface area is 184 Å². The van der Waals surface area contributed by atoms with Gasteiger partial charge in [0.2, 0.25) is 0 Å². The Morgan fingerprint density at radius 3 is 2.68 bits per heavy atom. The van der Waals surface area contributed by atoms with Gasteiger partial charge < -0.3 is 10.1 Å². The first-order chi connectivity index (χ1) is 15.0. The van der Waals surface area contributed by atoms with Crippen molar-refractivity contribution in [2.24, 2.45) is 0 Å². The SMILES string of the molecule is O=C(Nc1cnn(Cc2cccc(F)c2)c1)c1cccc(COc2cccc(Cl)c2)c1. The molecule has 31 heavy (non-hydrogen) atoms. The van der Waals surface area contributed by atoms with Gasteiger partial charge in [0.25, 0.3) is 5.91 Å². The molecule has 0 aliphatic carbocycles. The molecule has 0 fully saturated rings. The molecular formula is C24H19ClFN3O2. The standard InChI is InChI=1S/C24H19ClFN3O2/c25-20-7-3-9-23(12-20)31-16-18-5-1-6-19(10-18)24(30)28-22-13-27-29(15-22)14-17-4-2-8-21(26)11-17/h1-13,15H,14,16H2,(H,28,30). The second-order valence-electron chi connectivity index (χ2n) is 6.96. The molecule has 0 unspecified atom stereocenters. The van der Waals surface area contributed by atoms with Crippen molar-refractivity contribution < 1.29 is 13.9 Å². The van der Waals surface area contributed by atoms with Crippen molar-refractivity contribution >= 4 is 23.2 Å². The van der Waals surface area contributed by atoms with Gasteiger partial charge in [-0.05, 0) is 53.6 Å². The van der Waals surface area contributed by atoms with Gasteiger partial charge in [0.15, 0.2) is 0 Å². The summed E-state index contributed by atoms with van der Waals surface area (Å²) in [7, 11) is 0. The van der Waals surface area contributed by atoms with E-state index < -0.39 is 0 Å². The third kappa shape index (κ3) is 5.71. The van der Waals surface area contributed by atoms with Crippen LogP contribution in [0.3, 0.4) is 0 Å². The molecule has 1 aromatic heterocycles. The highest BCUT2D eigenvalue weighted by Gasteiger charge is 2.09. The van der Waals surface area contributed by atoms with Gasteiger partial charge in [0.05, 0.1) is 18.4 Å². The number of benzene rings is 3. The van der Waals surface area contributed by atoms with Crippen molar-refractivity contribution in [3.8, 4) is 5.75 Å². The van der Waals surface area contributed by atoms with Gasteiger partial charge >= 0.3 is 0 Å². The van der Waals surface area contributed by atoms with Crippen molar-refractivity contribution in [3.05, 3.63) is 113 Å². The molecule has 1 amide bonds. The van der Waals surface area contributed by atoms with E-state index in [1.165, 1.54) is 12.1 Å². The van der Waals surface area contributed by atoms with E-state index in [1.807, 2.05) is 24.3 Å². The third-order valence-corrected chi connectivity index (χ3v) is 4.75. The van der Waals surface area contributed by atoms with Crippen LogP contribution in [0, 0.1) is 5.82 Å². The molecule has 0 saturated heterocycles. The number of carbonyl (C=O) groups is 1. The Morgan fingerprint density at radius 1 is 1.03 bits per heavy atom. The number of carbonyl (C=O) groups excluding carboxylic acids is 1. The fourth-order valence-corrected chi connectivity index (χ4v) is 3.25. The van der Waals surface area contributed by atoms with Crippen LogP contribution in [-0.4, -0.2) is 15.7 Å². The lowest BCUT2D eigenvalue weighted by Gasteiger charge is -2.08. The first-order valence-electron chi connectivity index (χ1n) is 9.61. The molecular weight excluding hydrogens is 417 g/mol. The lowest BCUT2D eigenvalue weighted by Crippen LogP contribution is -2.12. The molecule has 0 bridgehead atoms. The van der Waals surface area contributed by atoms with Crippen LogP contribution in [0.2, 0.25) is 5.02 Å². The number of nitrogens with one attached hydrogen (secondary N) is 1. The quantitative estimate of drug-likeness (QED) is 0.413. The average molecular weight is 436 g/mol. The third-order valence-electron chi connectivity index (χ3n) is 4.52. The van der Waals surface area contributed by atoms with Crippen molar-refractivity contribution in [3.63, 3.8) is 0 Å². The van der Waals surface area contributed by atoms with Gasteiger partial charge in [-0.25, -0.2) is 4.39 Å². The molecule has 0 spiro atoms. The minimum atomic E-state index is -0.294. The minimum absolute atomic E-state index is 0.255. The van der Waals surface area contributed by atoms with Gasteiger partial charge in [0.1, 0.15) is 18.2 Å². The van der Waals surface area contributed by atoms with Crippen molar-refractivity contribution in [1.29, 1.82) is 0 Å². The number of anilines is 1. The van der Waals surface area contributed by atoms with E-state index in [9.17, 15) is 9.18 Å². The van der Waals surface area contributed by atoms with E-state index in [0.717, 1.165) is 11.1 Å². The maximum atomic E-state index is 13.3. The van der Waals surface area contributed by atoms with Crippen LogP contribution in [-0.2, 0) is 13.2 Å². The molecule has 0 radical (unpaired) electrons. The Balaban J connectivity index is 1.37. The monoisotopic (exact) mass is 435 g/mol. The molecule has 5 nitrogen and oxygen atoms in total. The fraction of sp³-hybridized carbons (Fsp3) is 0.0833. The second kappa shape index (κ2) is 9.45. The highest BCUT2D eigenvalue weighted by molar-refractivity contribution is 6.30. The van der Waals surface area contributed by atoms with Crippen LogP contribution < -0.4 is 10.1 Å². The Kier molecular flexibility index (Phi) is 6.29.